The lowest BCUT2D eigenvalue weighted by Gasteiger charge is -2.21. The van der Waals surface area contributed by atoms with Crippen LogP contribution in [0.4, 0.5) is 0 Å². The van der Waals surface area contributed by atoms with Gasteiger partial charge in [-0.2, -0.15) is 0 Å². The third-order valence-corrected chi connectivity index (χ3v) is 6.91. The van der Waals surface area contributed by atoms with E-state index >= 15 is 0 Å². The summed E-state index contributed by atoms with van der Waals surface area (Å²) in [4.78, 5) is 17.2. The highest BCUT2D eigenvalue weighted by Gasteiger charge is 2.33. The number of hydrogen-bond acceptors (Lipinski definition) is 5. The largest absolute Gasteiger partial charge is 0.481 e. The number of likely N-dealkylation sites (tertiary alicyclic amines) is 1. The van der Waals surface area contributed by atoms with Gasteiger partial charge in [0.05, 0.1) is 4.90 Å². The van der Waals surface area contributed by atoms with Crippen LogP contribution < -0.4 is 4.72 Å². The molecule has 0 bridgehead atoms. The van der Waals surface area contributed by atoms with Gasteiger partial charge in [-0.1, -0.05) is 29.8 Å². The van der Waals surface area contributed by atoms with Crippen molar-refractivity contribution in [3.63, 3.8) is 0 Å². The smallest absolute Gasteiger partial charge is 0.303 e. The van der Waals surface area contributed by atoms with Crippen LogP contribution in [-0.4, -0.2) is 48.0 Å². The van der Waals surface area contributed by atoms with Crippen molar-refractivity contribution in [2.45, 2.75) is 49.2 Å². The lowest BCUT2D eigenvalue weighted by atomic mass is 10.1. The summed E-state index contributed by atoms with van der Waals surface area (Å²) in [6.45, 7) is 1.21. The molecular weight excluding hydrogens is 438 g/mol. The SMILES string of the molecule is O=C(O)CCC/C=C\C1C[C@@H](NS(=O)(=O)c2ccc(Cl)cc2)CN1Cc1cccnc1. The summed E-state index contributed by atoms with van der Waals surface area (Å²) in [7, 11) is -3.66. The standard InChI is InChI=1S/C22H26ClN3O4S/c23-18-8-10-21(11-9-18)31(29,30)25-19-13-20(6-2-1-3-7-22(27)28)26(16-19)15-17-5-4-12-24-14-17/h2,4-6,8-12,14,19-20,25H,1,3,7,13,15-16H2,(H,27,28)/b6-2-/t19-,20?/m1/s1. The number of halogens is 1. The van der Waals surface area contributed by atoms with Gasteiger partial charge >= 0.3 is 5.97 Å². The lowest BCUT2D eigenvalue weighted by Crippen LogP contribution is -2.37. The van der Waals surface area contributed by atoms with Gasteiger partial charge in [-0.25, -0.2) is 13.1 Å². The minimum absolute atomic E-state index is 0.0444. The third kappa shape index (κ3) is 7.14. The molecule has 0 amide bonds. The van der Waals surface area contributed by atoms with Gasteiger partial charge in [0.2, 0.25) is 10.0 Å². The number of benzene rings is 1. The number of pyridine rings is 1. The summed E-state index contributed by atoms with van der Waals surface area (Å²) < 4.78 is 28.4. The van der Waals surface area contributed by atoms with E-state index in [4.69, 9.17) is 16.7 Å². The summed E-state index contributed by atoms with van der Waals surface area (Å²) >= 11 is 5.87. The fraction of sp³-hybridized carbons (Fsp3) is 0.364. The molecule has 2 heterocycles. The van der Waals surface area contributed by atoms with E-state index in [9.17, 15) is 13.2 Å². The van der Waals surface area contributed by atoms with Crippen molar-refractivity contribution in [1.82, 2.24) is 14.6 Å². The average Bonchev–Trinajstić information content (AvgIpc) is 3.08. The van der Waals surface area contributed by atoms with Crippen molar-refractivity contribution in [2.75, 3.05) is 6.54 Å². The van der Waals surface area contributed by atoms with Crippen LogP contribution in [0, 0.1) is 0 Å². The zero-order valence-corrected chi connectivity index (χ0v) is 18.6. The number of carboxylic acid groups (broad SMARTS) is 1. The van der Waals surface area contributed by atoms with Crippen LogP contribution in [0.3, 0.4) is 0 Å². The zero-order valence-electron chi connectivity index (χ0n) is 17.0. The van der Waals surface area contributed by atoms with Gasteiger partial charge in [0, 0.05) is 49.0 Å². The van der Waals surface area contributed by atoms with Crippen LogP contribution in [0.15, 0.2) is 65.8 Å². The highest BCUT2D eigenvalue weighted by Crippen LogP contribution is 2.24. The normalized spacial score (nSPS) is 19.8. The van der Waals surface area contributed by atoms with Gasteiger partial charge in [-0.05, 0) is 55.2 Å². The average molecular weight is 464 g/mol. The molecular formula is C22H26ClN3O4S. The molecule has 1 saturated heterocycles. The van der Waals surface area contributed by atoms with E-state index in [2.05, 4.69) is 20.7 Å². The zero-order chi connectivity index (χ0) is 22.3. The maximum absolute atomic E-state index is 12.8. The fourth-order valence-electron chi connectivity index (χ4n) is 3.65. The van der Waals surface area contributed by atoms with Crippen molar-refractivity contribution in [2.24, 2.45) is 0 Å². The molecule has 3 rings (SSSR count). The first-order chi connectivity index (χ1) is 14.8. The van der Waals surface area contributed by atoms with Crippen LogP contribution in [0.1, 0.15) is 31.2 Å². The Labute approximate surface area is 187 Å². The second kappa shape index (κ2) is 10.9. The van der Waals surface area contributed by atoms with Gasteiger partial charge in [0.15, 0.2) is 0 Å². The second-order valence-electron chi connectivity index (χ2n) is 7.58. The van der Waals surface area contributed by atoms with Crippen LogP contribution >= 0.6 is 11.6 Å². The molecule has 1 aliphatic rings. The van der Waals surface area contributed by atoms with Crippen LogP contribution in [-0.2, 0) is 21.4 Å². The molecule has 1 aromatic heterocycles. The molecule has 0 aliphatic carbocycles. The molecule has 1 fully saturated rings. The van der Waals surface area contributed by atoms with Crippen LogP contribution in [0.2, 0.25) is 5.02 Å². The van der Waals surface area contributed by atoms with Gasteiger partial charge in [0.25, 0.3) is 0 Å². The Morgan fingerprint density at radius 1 is 1.29 bits per heavy atom. The first-order valence-corrected chi connectivity index (χ1v) is 12.0. The first-order valence-electron chi connectivity index (χ1n) is 10.1. The predicted molar refractivity (Wildman–Crippen MR) is 119 cm³/mol. The molecule has 7 nitrogen and oxygen atoms in total. The quantitative estimate of drug-likeness (QED) is 0.413. The number of unbranched alkanes of at least 4 members (excludes halogenated alkanes) is 1. The lowest BCUT2D eigenvalue weighted by molar-refractivity contribution is -0.137. The number of aliphatic carboxylic acids is 1. The molecule has 9 heteroatoms. The topological polar surface area (TPSA) is 99.6 Å². The molecule has 2 N–H and O–H groups in total. The number of allylic oxidation sites excluding steroid dienone is 1. The predicted octanol–water partition coefficient (Wildman–Crippen LogP) is 3.47. The molecule has 1 aromatic carbocycles. The second-order valence-corrected chi connectivity index (χ2v) is 9.73. The van der Waals surface area contributed by atoms with E-state index in [1.807, 2.05) is 18.2 Å². The number of nitrogens with zero attached hydrogens (tertiary/aromatic N) is 2. The summed E-state index contributed by atoms with van der Waals surface area (Å²) in [5, 5.41) is 9.25. The number of sulfonamides is 1. The van der Waals surface area contributed by atoms with Crippen molar-refractivity contribution < 1.29 is 18.3 Å². The van der Waals surface area contributed by atoms with E-state index in [0.717, 1.165) is 5.56 Å². The van der Waals surface area contributed by atoms with Gasteiger partial charge < -0.3 is 5.11 Å². The minimum atomic E-state index is -3.66. The molecule has 0 spiro atoms. The van der Waals surface area contributed by atoms with Crippen molar-refractivity contribution in [3.8, 4) is 0 Å². The monoisotopic (exact) mass is 463 g/mol. The van der Waals surface area contributed by atoms with E-state index in [1.54, 1.807) is 24.5 Å². The Hall–Kier alpha value is -2.26. The molecule has 1 unspecified atom stereocenters. The Morgan fingerprint density at radius 2 is 2.06 bits per heavy atom. The Kier molecular flexibility index (Phi) is 8.20. The van der Waals surface area contributed by atoms with Crippen molar-refractivity contribution in [3.05, 3.63) is 71.5 Å². The summed E-state index contributed by atoms with van der Waals surface area (Å²) in [6, 6.07) is 9.77. The minimum Gasteiger partial charge on any atom is -0.481 e. The maximum atomic E-state index is 12.8. The summed E-state index contributed by atoms with van der Waals surface area (Å²) in [5.74, 6) is -0.802. The Morgan fingerprint density at radius 3 is 2.74 bits per heavy atom. The van der Waals surface area contributed by atoms with Gasteiger partial charge in [0.1, 0.15) is 0 Å². The van der Waals surface area contributed by atoms with Crippen molar-refractivity contribution >= 4 is 27.6 Å². The molecule has 2 atom stereocenters. The van der Waals surface area contributed by atoms with Gasteiger partial charge in [-0.3, -0.25) is 14.7 Å². The molecule has 2 aromatic rings. The number of carboxylic acids is 1. The van der Waals surface area contributed by atoms with E-state index in [1.165, 1.54) is 12.1 Å². The first kappa shape index (κ1) is 23.4. The maximum Gasteiger partial charge on any atom is 0.303 e. The Bertz CT molecular complexity index is 997. The van der Waals surface area contributed by atoms with E-state index < -0.39 is 16.0 Å². The van der Waals surface area contributed by atoms with Crippen LogP contribution in [0.5, 0.6) is 0 Å². The number of carbonyl (C=O) groups is 1. The molecule has 31 heavy (non-hydrogen) atoms. The van der Waals surface area contributed by atoms with E-state index in [-0.39, 0.29) is 23.4 Å². The number of aromatic nitrogens is 1. The Balaban J connectivity index is 1.68. The number of hydrogen-bond donors (Lipinski definition) is 2. The van der Waals surface area contributed by atoms with E-state index in [0.29, 0.717) is 37.4 Å². The van der Waals surface area contributed by atoms with Crippen molar-refractivity contribution in [1.29, 1.82) is 0 Å². The summed E-state index contributed by atoms with van der Waals surface area (Å²) in [5.41, 5.74) is 1.05. The molecule has 166 valence electrons. The number of nitrogens with one attached hydrogen (secondary N) is 1. The summed E-state index contributed by atoms with van der Waals surface area (Å²) in [6.07, 6.45) is 9.57. The van der Waals surface area contributed by atoms with Crippen LogP contribution in [0.25, 0.3) is 0 Å². The molecule has 0 saturated carbocycles. The third-order valence-electron chi connectivity index (χ3n) is 5.12. The fourth-order valence-corrected chi connectivity index (χ4v) is 5.02. The van der Waals surface area contributed by atoms with Gasteiger partial charge in [-0.15, -0.1) is 0 Å². The highest BCUT2D eigenvalue weighted by atomic mass is 35.5. The number of rotatable bonds is 10. The highest BCUT2D eigenvalue weighted by molar-refractivity contribution is 7.89. The molecule has 0 radical (unpaired) electrons. The molecule has 1 aliphatic heterocycles.